The summed E-state index contributed by atoms with van der Waals surface area (Å²) in [5.74, 6) is 0.0502. The summed E-state index contributed by atoms with van der Waals surface area (Å²) < 4.78 is -1.48. The van der Waals surface area contributed by atoms with Crippen LogP contribution in [0.1, 0.15) is 25.0 Å². The first kappa shape index (κ1) is 29.0. The Morgan fingerprint density at radius 2 is 1.11 bits per heavy atom. The molecule has 5 unspecified atom stereocenters. The van der Waals surface area contributed by atoms with Crippen molar-refractivity contribution in [3.05, 3.63) is 94.0 Å². The molecule has 0 spiro atoms. The van der Waals surface area contributed by atoms with Gasteiger partial charge in [-0.25, -0.2) is 0 Å². The van der Waals surface area contributed by atoms with Gasteiger partial charge in [-0.2, -0.15) is 0 Å². The molecule has 0 aliphatic heterocycles. The number of hydrogen-bond acceptors (Lipinski definition) is 2. The number of fused-ring (bicyclic) bond motifs is 5. The Bertz CT molecular complexity index is 1250. The lowest BCUT2D eigenvalue weighted by Gasteiger charge is -2.34. The molecule has 196 valence electrons. The normalized spacial score (nSPS) is 31.9. The van der Waals surface area contributed by atoms with Crippen molar-refractivity contribution in [2.24, 2.45) is 11.8 Å². The summed E-state index contributed by atoms with van der Waals surface area (Å²) in [5, 5.41) is 18.9. The Morgan fingerprint density at radius 1 is 0.703 bits per heavy atom. The van der Waals surface area contributed by atoms with Gasteiger partial charge >= 0.3 is 0 Å². The number of rotatable bonds is 3. The van der Waals surface area contributed by atoms with Crippen LogP contribution < -0.4 is 0 Å². The maximum atomic E-state index is 9.39. The lowest BCUT2D eigenvalue weighted by Crippen LogP contribution is -2.45. The van der Waals surface area contributed by atoms with Crippen LogP contribution >= 0.6 is 81.2 Å². The molecule has 5 atom stereocenters. The number of phenols is 2. The van der Waals surface area contributed by atoms with Crippen LogP contribution in [0.2, 0.25) is 0 Å². The quantitative estimate of drug-likeness (QED) is 0.199. The fraction of sp³-hybridized carbons (Fsp3) is 0.286. The molecule has 2 nitrogen and oxygen atoms in total. The minimum absolute atomic E-state index is 0.205. The Balaban J connectivity index is 0.000000175. The van der Waals surface area contributed by atoms with Crippen LogP contribution in [0.15, 0.2) is 82.9 Å². The van der Waals surface area contributed by atoms with Gasteiger partial charge in [-0.05, 0) is 60.4 Å². The van der Waals surface area contributed by atoms with Crippen LogP contribution in [0.4, 0.5) is 0 Å². The minimum Gasteiger partial charge on any atom is -0.508 e. The van der Waals surface area contributed by atoms with E-state index in [0.717, 1.165) is 22.3 Å². The zero-order chi connectivity index (χ0) is 27.3. The predicted molar refractivity (Wildman–Crippen MR) is 160 cm³/mol. The highest BCUT2D eigenvalue weighted by atomic mass is 35.5. The summed E-state index contributed by atoms with van der Waals surface area (Å²) in [7, 11) is 0. The molecule has 2 N–H and O–H groups in total. The molecule has 5 rings (SSSR count). The number of benzene rings is 2. The van der Waals surface area contributed by atoms with E-state index in [9.17, 15) is 10.2 Å². The van der Waals surface area contributed by atoms with Gasteiger partial charge < -0.3 is 10.2 Å². The number of aromatic hydroxyl groups is 2. The van der Waals surface area contributed by atoms with E-state index in [1.807, 2.05) is 50.3 Å². The van der Waals surface area contributed by atoms with Gasteiger partial charge in [0, 0.05) is 11.8 Å². The molecule has 1 saturated carbocycles. The summed E-state index contributed by atoms with van der Waals surface area (Å²) in [6.45, 7) is 3.98. The topological polar surface area (TPSA) is 40.5 Å². The van der Waals surface area contributed by atoms with Crippen molar-refractivity contribution in [1.29, 1.82) is 0 Å². The minimum atomic E-state index is -1.48. The van der Waals surface area contributed by atoms with Crippen LogP contribution in [0.3, 0.4) is 0 Å². The molecule has 3 aliphatic carbocycles. The van der Waals surface area contributed by atoms with E-state index in [-0.39, 0.29) is 38.8 Å². The fourth-order valence-corrected chi connectivity index (χ4v) is 8.83. The van der Waals surface area contributed by atoms with E-state index in [1.54, 1.807) is 24.3 Å². The van der Waals surface area contributed by atoms with Gasteiger partial charge in [0.25, 0.3) is 0 Å². The Kier molecular flexibility index (Phi) is 8.27. The van der Waals surface area contributed by atoms with Gasteiger partial charge in [0.15, 0.2) is 4.33 Å². The summed E-state index contributed by atoms with van der Waals surface area (Å²) in [5.41, 5.74) is 4.29. The van der Waals surface area contributed by atoms with Gasteiger partial charge in [0.2, 0.25) is 0 Å². The molecule has 3 aliphatic rings. The molecule has 2 bridgehead atoms. The third-order valence-corrected chi connectivity index (χ3v) is 11.8. The molecule has 2 aromatic carbocycles. The maximum absolute atomic E-state index is 9.39. The van der Waals surface area contributed by atoms with Crippen molar-refractivity contribution in [3.8, 4) is 11.5 Å². The van der Waals surface area contributed by atoms with Crippen LogP contribution in [-0.4, -0.2) is 29.7 Å². The summed E-state index contributed by atoms with van der Waals surface area (Å²) >= 11 is 44.5. The first-order valence-electron chi connectivity index (χ1n) is 11.4. The van der Waals surface area contributed by atoms with E-state index in [0.29, 0.717) is 0 Å². The van der Waals surface area contributed by atoms with Crippen molar-refractivity contribution in [2.75, 3.05) is 0 Å². The Hall–Kier alpha value is -0.970. The molecule has 0 amide bonds. The number of alkyl halides is 5. The van der Waals surface area contributed by atoms with Gasteiger partial charge in [-0.1, -0.05) is 95.0 Å². The first-order valence-corrected chi connectivity index (χ1v) is 14.1. The molecular weight excluding hydrogens is 616 g/mol. The van der Waals surface area contributed by atoms with E-state index < -0.39 is 14.1 Å². The number of phenolic OH excluding ortho intramolecular Hbond substituents is 2. The van der Waals surface area contributed by atoms with E-state index in [4.69, 9.17) is 81.2 Å². The second-order valence-corrected chi connectivity index (χ2v) is 12.8. The SMILES string of the molecule is C/C=C(/C(=C/C)c1ccc(O)cc1)c1ccc(O)cc1.ClC1=C(Cl)C2(Cl)C3C(Cl)C=CC3C1(Cl)C2(Cl)Cl. The number of halogens is 7. The average Bonchev–Trinajstić information content (AvgIpc) is 3.37. The third-order valence-electron chi connectivity index (χ3n) is 7.12. The summed E-state index contributed by atoms with van der Waals surface area (Å²) in [6.07, 6.45) is 7.79. The highest BCUT2D eigenvalue weighted by molar-refractivity contribution is 6.66. The molecule has 9 heteroatoms. The van der Waals surface area contributed by atoms with Crippen LogP contribution in [0, 0.1) is 11.8 Å². The Labute approximate surface area is 251 Å². The van der Waals surface area contributed by atoms with Gasteiger partial charge in [0.05, 0.1) is 15.4 Å². The van der Waals surface area contributed by atoms with E-state index in [2.05, 4.69) is 12.2 Å². The summed E-state index contributed by atoms with van der Waals surface area (Å²) in [4.78, 5) is -2.45. The largest absolute Gasteiger partial charge is 0.508 e. The van der Waals surface area contributed by atoms with Crippen LogP contribution in [0.5, 0.6) is 11.5 Å². The van der Waals surface area contributed by atoms with Crippen LogP contribution in [0.25, 0.3) is 11.1 Å². The molecule has 0 radical (unpaired) electrons. The van der Waals surface area contributed by atoms with Crippen molar-refractivity contribution >= 4 is 92.4 Å². The number of allylic oxidation sites excluding steroid dienone is 8. The molecule has 37 heavy (non-hydrogen) atoms. The third kappa shape index (κ3) is 4.32. The lowest BCUT2D eigenvalue weighted by molar-refractivity contribution is 0.420. The molecule has 0 aromatic heterocycles. The maximum Gasteiger partial charge on any atom is 0.167 e. The van der Waals surface area contributed by atoms with Crippen molar-refractivity contribution in [1.82, 2.24) is 0 Å². The lowest BCUT2D eigenvalue weighted by atomic mass is 9.84. The average molecular weight is 640 g/mol. The zero-order valence-corrected chi connectivity index (χ0v) is 25.0. The fourth-order valence-electron chi connectivity index (χ4n) is 5.32. The van der Waals surface area contributed by atoms with Gasteiger partial charge in [-0.3, -0.25) is 0 Å². The molecule has 0 heterocycles. The highest BCUT2D eigenvalue weighted by Gasteiger charge is 2.83. The standard InChI is InChI=1S/C18H18O2.C10H5Cl7/c1-3-17(13-5-9-15(19)10-6-13)18(4-2)14-7-11-16(20)12-8-14;11-4-2-1-3-5(4)9(15)7(13)6(12)8(3,14)10(9,16)17/h3-12,19-20H,1-2H3;1-5H/b17-3+,18-4+;. The van der Waals surface area contributed by atoms with Gasteiger partial charge in [-0.15, -0.1) is 34.8 Å². The Morgan fingerprint density at radius 3 is 1.51 bits per heavy atom. The molecule has 2 aromatic rings. The zero-order valence-electron chi connectivity index (χ0n) is 19.7. The number of hydrogen-bond donors (Lipinski definition) is 2. The smallest absolute Gasteiger partial charge is 0.167 e. The van der Waals surface area contributed by atoms with Gasteiger partial charge in [0.1, 0.15) is 21.2 Å². The second-order valence-electron chi connectivity index (χ2n) is 9.01. The van der Waals surface area contributed by atoms with Crippen molar-refractivity contribution in [2.45, 2.75) is 33.3 Å². The highest BCUT2D eigenvalue weighted by Crippen LogP contribution is 2.78. The van der Waals surface area contributed by atoms with E-state index >= 15 is 0 Å². The van der Waals surface area contributed by atoms with E-state index in [1.165, 1.54) is 0 Å². The molecular formula is C28H23Cl7O2. The molecule has 0 saturated heterocycles. The molecule has 1 fully saturated rings. The van der Waals surface area contributed by atoms with Crippen LogP contribution in [-0.2, 0) is 0 Å². The second kappa shape index (κ2) is 10.5. The van der Waals surface area contributed by atoms with Crippen molar-refractivity contribution in [3.63, 3.8) is 0 Å². The predicted octanol–water partition coefficient (Wildman–Crippen LogP) is 9.85. The summed E-state index contributed by atoms with van der Waals surface area (Å²) in [6, 6.07) is 14.3. The monoisotopic (exact) mass is 636 g/mol. The van der Waals surface area contributed by atoms with Crippen molar-refractivity contribution < 1.29 is 10.2 Å². The first-order chi connectivity index (χ1) is 17.4.